The predicted octanol–water partition coefficient (Wildman–Crippen LogP) is 2.54. The lowest BCUT2D eigenvalue weighted by Crippen LogP contribution is -2.28. The van der Waals surface area contributed by atoms with Gasteiger partial charge in [0.25, 0.3) is 0 Å². The smallest absolute Gasteiger partial charge is 0.333 e. The molecule has 0 saturated carbocycles. The fourth-order valence-corrected chi connectivity index (χ4v) is 1.92. The van der Waals surface area contributed by atoms with Gasteiger partial charge in [-0.2, -0.15) is 0 Å². The summed E-state index contributed by atoms with van der Waals surface area (Å²) in [5.74, 6) is -1.37. The maximum absolute atomic E-state index is 11.3. The SMILES string of the molecule is CCCOc1cccc(N(C)CC(C)C(=O)O)c1[N+](=O)[O-]. The molecule has 0 aliphatic heterocycles. The van der Waals surface area contributed by atoms with Crippen molar-refractivity contribution in [2.45, 2.75) is 20.3 Å². The molecule has 0 aromatic heterocycles. The highest BCUT2D eigenvalue weighted by Gasteiger charge is 2.25. The third-order valence-electron chi connectivity index (χ3n) is 3.00. The normalized spacial score (nSPS) is 11.8. The fourth-order valence-electron chi connectivity index (χ4n) is 1.92. The highest BCUT2D eigenvalue weighted by molar-refractivity contribution is 5.73. The predicted molar refractivity (Wildman–Crippen MR) is 79.0 cm³/mol. The summed E-state index contributed by atoms with van der Waals surface area (Å²) >= 11 is 0. The van der Waals surface area contributed by atoms with Gasteiger partial charge >= 0.3 is 11.7 Å². The Labute approximate surface area is 123 Å². The summed E-state index contributed by atoms with van der Waals surface area (Å²) in [6.45, 7) is 4.03. The summed E-state index contributed by atoms with van der Waals surface area (Å²) in [6, 6.07) is 4.80. The minimum atomic E-state index is -0.942. The fraction of sp³-hybridized carbons (Fsp3) is 0.500. The number of anilines is 1. The molecule has 1 aromatic rings. The largest absolute Gasteiger partial charge is 0.487 e. The Bertz CT molecular complexity index is 518. The Kier molecular flexibility index (Phi) is 5.95. The Hall–Kier alpha value is -2.31. The van der Waals surface area contributed by atoms with Gasteiger partial charge in [-0.3, -0.25) is 14.9 Å². The topological polar surface area (TPSA) is 92.9 Å². The number of ether oxygens (including phenoxy) is 1. The van der Waals surface area contributed by atoms with Crippen molar-refractivity contribution in [3.63, 3.8) is 0 Å². The molecule has 7 heteroatoms. The van der Waals surface area contributed by atoms with Gasteiger partial charge < -0.3 is 14.7 Å². The number of carboxylic acids is 1. The summed E-state index contributed by atoms with van der Waals surface area (Å²) in [5.41, 5.74) is 0.216. The van der Waals surface area contributed by atoms with Crippen LogP contribution in [0.4, 0.5) is 11.4 Å². The van der Waals surface area contributed by atoms with Gasteiger partial charge in [0.05, 0.1) is 17.4 Å². The lowest BCUT2D eigenvalue weighted by molar-refractivity contribution is -0.385. The average Bonchev–Trinajstić information content (AvgIpc) is 2.43. The number of carboxylic acid groups (broad SMARTS) is 1. The maximum Gasteiger partial charge on any atom is 0.333 e. The van der Waals surface area contributed by atoms with E-state index in [0.717, 1.165) is 6.42 Å². The van der Waals surface area contributed by atoms with Crippen LogP contribution in [0.25, 0.3) is 0 Å². The van der Waals surface area contributed by atoms with Crippen LogP contribution in [0.2, 0.25) is 0 Å². The number of nitrogens with zero attached hydrogens (tertiary/aromatic N) is 2. The van der Waals surface area contributed by atoms with Crippen molar-refractivity contribution in [3.8, 4) is 5.75 Å². The van der Waals surface area contributed by atoms with E-state index in [1.54, 1.807) is 37.1 Å². The van der Waals surface area contributed by atoms with Crippen LogP contribution in [0.3, 0.4) is 0 Å². The molecule has 0 amide bonds. The Balaban J connectivity index is 3.10. The van der Waals surface area contributed by atoms with E-state index in [1.807, 2.05) is 6.92 Å². The number of para-hydroxylation sites is 1. The molecule has 0 bridgehead atoms. The summed E-state index contributed by atoms with van der Waals surface area (Å²) in [4.78, 5) is 23.3. The maximum atomic E-state index is 11.3. The zero-order valence-corrected chi connectivity index (χ0v) is 12.4. The van der Waals surface area contributed by atoms with Crippen LogP contribution in [0.1, 0.15) is 20.3 Å². The van der Waals surface area contributed by atoms with Crippen molar-refractivity contribution in [2.75, 3.05) is 25.1 Å². The number of carbonyl (C=O) groups is 1. The highest BCUT2D eigenvalue weighted by Crippen LogP contribution is 2.37. The average molecular weight is 296 g/mol. The van der Waals surface area contributed by atoms with Crippen LogP contribution in [0.5, 0.6) is 5.75 Å². The molecule has 1 rings (SSSR count). The number of hydrogen-bond donors (Lipinski definition) is 1. The van der Waals surface area contributed by atoms with Crippen LogP contribution in [-0.4, -0.2) is 36.2 Å². The Morgan fingerprint density at radius 3 is 2.71 bits per heavy atom. The van der Waals surface area contributed by atoms with Crippen molar-refractivity contribution in [1.82, 2.24) is 0 Å². The van der Waals surface area contributed by atoms with E-state index in [0.29, 0.717) is 12.3 Å². The summed E-state index contributed by atoms with van der Waals surface area (Å²) in [5, 5.41) is 20.3. The first-order valence-corrected chi connectivity index (χ1v) is 6.72. The molecule has 0 saturated heterocycles. The van der Waals surface area contributed by atoms with Crippen LogP contribution >= 0.6 is 0 Å². The van der Waals surface area contributed by atoms with E-state index < -0.39 is 16.8 Å². The molecule has 1 atom stereocenters. The monoisotopic (exact) mass is 296 g/mol. The second-order valence-electron chi connectivity index (χ2n) is 4.85. The third-order valence-corrected chi connectivity index (χ3v) is 3.00. The highest BCUT2D eigenvalue weighted by atomic mass is 16.6. The first-order chi connectivity index (χ1) is 9.88. The third kappa shape index (κ3) is 4.34. The van der Waals surface area contributed by atoms with E-state index in [-0.39, 0.29) is 18.0 Å². The van der Waals surface area contributed by atoms with E-state index in [2.05, 4.69) is 0 Å². The van der Waals surface area contributed by atoms with Gasteiger partial charge in [0.1, 0.15) is 5.69 Å². The number of rotatable bonds is 8. The molecule has 1 unspecified atom stereocenters. The molecule has 1 N–H and O–H groups in total. The molecule has 0 radical (unpaired) electrons. The molecule has 0 fully saturated rings. The molecule has 0 heterocycles. The first-order valence-electron chi connectivity index (χ1n) is 6.72. The zero-order valence-electron chi connectivity index (χ0n) is 12.4. The summed E-state index contributed by atoms with van der Waals surface area (Å²) < 4.78 is 5.41. The van der Waals surface area contributed by atoms with E-state index >= 15 is 0 Å². The first kappa shape index (κ1) is 16.7. The summed E-state index contributed by atoms with van der Waals surface area (Å²) in [7, 11) is 1.63. The Morgan fingerprint density at radius 2 is 2.19 bits per heavy atom. The molecular weight excluding hydrogens is 276 g/mol. The van der Waals surface area contributed by atoms with Crippen molar-refractivity contribution in [2.24, 2.45) is 5.92 Å². The van der Waals surface area contributed by atoms with Gasteiger partial charge in [0.15, 0.2) is 5.75 Å². The second-order valence-corrected chi connectivity index (χ2v) is 4.85. The number of aliphatic carboxylic acids is 1. The summed E-state index contributed by atoms with van der Waals surface area (Å²) in [6.07, 6.45) is 0.743. The molecule has 0 aliphatic carbocycles. The minimum absolute atomic E-state index is 0.133. The van der Waals surface area contributed by atoms with Crippen LogP contribution < -0.4 is 9.64 Å². The number of hydrogen-bond acceptors (Lipinski definition) is 5. The number of nitro benzene ring substituents is 1. The minimum Gasteiger partial charge on any atom is -0.487 e. The van der Waals surface area contributed by atoms with Gasteiger partial charge in [-0.15, -0.1) is 0 Å². The van der Waals surface area contributed by atoms with Crippen molar-refractivity contribution >= 4 is 17.3 Å². The Morgan fingerprint density at radius 1 is 1.52 bits per heavy atom. The van der Waals surface area contributed by atoms with Gasteiger partial charge in [-0.1, -0.05) is 19.9 Å². The van der Waals surface area contributed by atoms with Crippen molar-refractivity contribution in [3.05, 3.63) is 28.3 Å². The van der Waals surface area contributed by atoms with Crippen LogP contribution in [0.15, 0.2) is 18.2 Å². The van der Waals surface area contributed by atoms with Crippen molar-refractivity contribution in [1.29, 1.82) is 0 Å². The van der Waals surface area contributed by atoms with E-state index in [4.69, 9.17) is 9.84 Å². The van der Waals surface area contributed by atoms with Gasteiger partial charge in [-0.05, 0) is 18.6 Å². The molecule has 21 heavy (non-hydrogen) atoms. The van der Waals surface area contributed by atoms with Crippen LogP contribution in [-0.2, 0) is 4.79 Å². The zero-order chi connectivity index (χ0) is 16.0. The molecular formula is C14H20N2O5. The molecule has 1 aromatic carbocycles. The standard InChI is InChI=1S/C14H20N2O5/c1-4-8-21-12-7-5-6-11(13(12)16(19)20)15(3)9-10(2)14(17)18/h5-7,10H,4,8-9H2,1-3H3,(H,17,18). The van der Waals surface area contributed by atoms with Crippen molar-refractivity contribution < 1.29 is 19.6 Å². The van der Waals surface area contributed by atoms with Gasteiger partial charge in [0.2, 0.25) is 0 Å². The lowest BCUT2D eigenvalue weighted by atomic mass is 10.1. The number of nitro groups is 1. The van der Waals surface area contributed by atoms with E-state index in [1.165, 1.54) is 0 Å². The van der Waals surface area contributed by atoms with Crippen LogP contribution in [0, 0.1) is 16.0 Å². The molecule has 7 nitrogen and oxygen atoms in total. The molecule has 0 spiro atoms. The van der Waals surface area contributed by atoms with Gasteiger partial charge in [-0.25, -0.2) is 0 Å². The van der Waals surface area contributed by atoms with Gasteiger partial charge in [0, 0.05) is 13.6 Å². The second kappa shape index (κ2) is 7.47. The number of benzene rings is 1. The quantitative estimate of drug-likeness (QED) is 0.585. The lowest BCUT2D eigenvalue weighted by Gasteiger charge is -2.22. The molecule has 0 aliphatic rings. The van der Waals surface area contributed by atoms with E-state index in [9.17, 15) is 14.9 Å². The molecule has 116 valence electrons.